The van der Waals surface area contributed by atoms with Crippen LogP contribution in [0.2, 0.25) is 5.28 Å². The second-order valence-electron chi connectivity index (χ2n) is 7.22. The lowest BCUT2D eigenvalue weighted by Gasteiger charge is -2.18. The number of rotatable bonds is 9. The molecule has 0 radical (unpaired) electrons. The Morgan fingerprint density at radius 3 is 2.56 bits per heavy atom. The predicted molar refractivity (Wildman–Crippen MR) is 109 cm³/mol. The van der Waals surface area contributed by atoms with Crippen LogP contribution < -0.4 is 5.48 Å². The van der Waals surface area contributed by atoms with Gasteiger partial charge in [-0.2, -0.15) is 15.1 Å². The first-order chi connectivity index (χ1) is 14.8. The molecule has 3 rings (SSSR count). The summed E-state index contributed by atoms with van der Waals surface area (Å²) in [6, 6.07) is 0. The Balaban J connectivity index is 1.80. The monoisotopic (exact) mass is 517 g/mol. The first kappa shape index (κ1) is 25.4. The highest BCUT2D eigenvalue weighted by atomic mass is 35.5. The van der Waals surface area contributed by atoms with Crippen LogP contribution in [-0.2, 0) is 23.2 Å². The largest absolute Gasteiger partial charge is 0.387 e. The van der Waals surface area contributed by atoms with E-state index in [1.165, 1.54) is 6.20 Å². The molecular formula is C14H22ClN5O10P2. The maximum Gasteiger partial charge on any atom is 0.340 e. The highest BCUT2D eigenvalue weighted by Gasteiger charge is 2.46. The van der Waals surface area contributed by atoms with Crippen LogP contribution in [0.15, 0.2) is 6.20 Å². The van der Waals surface area contributed by atoms with Gasteiger partial charge < -0.3 is 34.2 Å². The molecule has 0 bridgehead atoms. The van der Waals surface area contributed by atoms with Crippen molar-refractivity contribution in [1.29, 1.82) is 0 Å². The van der Waals surface area contributed by atoms with Crippen molar-refractivity contribution in [2.24, 2.45) is 0 Å². The van der Waals surface area contributed by atoms with Gasteiger partial charge in [-0.05, 0) is 25.4 Å². The Kier molecular flexibility index (Phi) is 7.59. The Labute approximate surface area is 185 Å². The summed E-state index contributed by atoms with van der Waals surface area (Å²) < 4.78 is 34.1. The van der Waals surface area contributed by atoms with Gasteiger partial charge in [-0.1, -0.05) is 0 Å². The van der Waals surface area contributed by atoms with Gasteiger partial charge in [0.15, 0.2) is 23.6 Å². The summed E-state index contributed by atoms with van der Waals surface area (Å²) in [6.07, 6.45) is -4.56. The fraction of sp³-hybridized carbons (Fsp3) is 0.643. The predicted octanol–water partition coefficient (Wildman–Crippen LogP) is 0.188. The van der Waals surface area contributed by atoms with Gasteiger partial charge in [0.1, 0.15) is 18.3 Å². The highest BCUT2D eigenvalue weighted by Crippen LogP contribution is 2.55. The molecule has 15 nitrogen and oxygen atoms in total. The summed E-state index contributed by atoms with van der Waals surface area (Å²) in [4.78, 5) is 40.7. The number of nitrogens with zero attached hydrogens (tertiary/aromatic N) is 4. The van der Waals surface area contributed by atoms with Crippen LogP contribution in [0.25, 0.3) is 11.0 Å². The Bertz CT molecular complexity index is 1060. The molecule has 32 heavy (non-hydrogen) atoms. The normalized spacial score (nSPS) is 26.0. The molecule has 5 atom stereocenters. The van der Waals surface area contributed by atoms with E-state index in [4.69, 9.17) is 31.0 Å². The smallest absolute Gasteiger partial charge is 0.340 e. The van der Waals surface area contributed by atoms with E-state index in [1.807, 2.05) is 0 Å². The third-order valence-electron chi connectivity index (χ3n) is 4.20. The molecule has 0 aromatic carbocycles. The van der Waals surface area contributed by atoms with E-state index >= 15 is 0 Å². The van der Waals surface area contributed by atoms with Crippen LogP contribution in [0.5, 0.6) is 0 Å². The summed E-state index contributed by atoms with van der Waals surface area (Å²) in [5, 5.41) is 25.0. The summed E-state index contributed by atoms with van der Waals surface area (Å²) in [6.45, 7) is 2.84. The topological polar surface area (TPSA) is 219 Å². The fourth-order valence-corrected chi connectivity index (χ4v) is 5.60. The summed E-state index contributed by atoms with van der Waals surface area (Å²) in [5.74, 6) is -1.20. The Morgan fingerprint density at radius 1 is 1.25 bits per heavy atom. The van der Waals surface area contributed by atoms with Crippen molar-refractivity contribution in [2.45, 2.75) is 44.5 Å². The molecule has 0 aliphatic carbocycles. The molecule has 0 saturated carbocycles. The minimum Gasteiger partial charge on any atom is -0.387 e. The van der Waals surface area contributed by atoms with Gasteiger partial charge >= 0.3 is 15.2 Å². The number of fused-ring (bicyclic) bond motifs is 1. The standard InChI is InChI=1S/C14H22ClN5O10P2/c1-6(2)30-19-11-7-3-16-20(12(7)18-14(15)17-11)13-10(22)9(21)8(29-13)4-28-32(26,27)5-31(23,24)25/h3,6,8-10,13,21-22H,4-5H2,1-2H3,(H,26,27)(H,17,18,19)(H2,23,24,25)/t8-,9-,10-,13-/m1/s1. The maximum absolute atomic E-state index is 11.8. The first-order valence-electron chi connectivity index (χ1n) is 9.12. The van der Waals surface area contributed by atoms with Crippen molar-refractivity contribution in [3.05, 3.63) is 11.5 Å². The third kappa shape index (κ3) is 6.01. The second kappa shape index (κ2) is 9.57. The molecular weight excluding hydrogens is 496 g/mol. The lowest BCUT2D eigenvalue weighted by atomic mass is 10.1. The van der Waals surface area contributed by atoms with Crippen molar-refractivity contribution in [2.75, 3.05) is 18.0 Å². The molecule has 1 aliphatic rings. The zero-order valence-electron chi connectivity index (χ0n) is 16.7. The van der Waals surface area contributed by atoms with Crippen molar-refractivity contribution in [3.8, 4) is 0 Å². The molecule has 3 heterocycles. The molecule has 6 N–H and O–H groups in total. The number of aliphatic hydroxyl groups is 2. The Hall–Kier alpha value is -1.22. The quantitative estimate of drug-likeness (QED) is 0.148. The minimum atomic E-state index is -4.82. The van der Waals surface area contributed by atoms with Gasteiger partial charge in [0, 0.05) is 0 Å². The minimum absolute atomic E-state index is 0.131. The van der Waals surface area contributed by atoms with Gasteiger partial charge in [-0.3, -0.25) is 14.0 Å². The number of nitrogens with one attached hydrogen (secondary N) is 1. The van der Waals surface area contributed by atoms with Gasteiger partial charge in [0.05, 0.1) is 24.3 Å². The molecule has 1 aliphatic heterocycles. The fourth-order valence-electron chi connectivity index (χ4n) is 2.87. The van der Waals surface area contributed by atoms with Crippen LogP contribution in [0.1, 0.15) is 20.1 Å². The number of hydrogen-bond acceptors (Lipinski definition) is 11. The Morgan fingerprint density at radius 2 is 1.94 bits per heavy atom. The van der Waals surface area contributed by atoms with E-state index in [2.05, 4.69) is 25.1 Å². The van der Waals surface area contributed by atoms with Crippen molar-refractivity contribution < 1.29 is 48.1 Å². The number of anilines is 1. The van der Waals surface area contributed by atoms with E-state index in [1.54, 1.807) is 13.8 Å². The molecule has 18 heteroatoms. The van der Waals surface area contributed by atoms with Crippen molar-refractivity contribution >= 4 is 43.6 Å². The van der Waals surface area contributed by atoms with Gasteiger partial charge in [0.2, 0.25) is 5.28 Å². The summed E-state index contributed by atoms with van der Waals surface area (Å²) >= 11 is 5.97. The highest BCUT2D eigenvalue weighted by molar-refractivity contribution is 7.70. The third-order valence-corrected chi connectivity index (χ3v) is 7.82. The molecule has 2 aromatic rings. The second-order valence-corrected chi connectivity index (χ2v) is 11.6. The lowest BCUT2D eigenvalue weighted by molar-refractivity contribution is -0.0541. The molecule has 180 valence electrons. The number of ether oxygens (including phenoxy) is 1. The SMILES string of the molecule is CC(C)ONc1nc(Cl)nc2c1cnn2[C@@H]1O[C@H](COP(=O)(O)CP(=O)(O)O)[C@@H](O)[C@H]1O. The van der Waals surface area contributed by atoms with Gasteiger partial charge in [0.25, 0.3) is 0 Å². The van der Waals surface area contributed by atoms with Gasteiger partial charge in [-0.25, -0.2) is 10.2 Å². The average Bonchev–Trinajstić information content (AvgIpc) is 3.18. The van der Waals surface area contributed by atoms with Crippen LogP contribution in [0, 0.1) is 0 Å². The van der Waals surface area contributed by atoms with Crippen molar-refractivity contribution in [3.63, 3.8) is 0 Å². The van der Waals surface area contributed by atoms with Crippen LogP contribution in [-0.4, -0.2) is 81.6 Å². The van der Waals surface area contributed by atoms with Crippen LogP contribution in [0.3, 0.4) is 0 Å². The number of aliphatic hydroxyl groups excluding tert-OH is 2. The summed E-state index contributed by atoms with van der Waals surface area (Å²) in [5.41, 5.74) is 2.76. The first-order valence-corrected chi connectivity index (χ1v) is 13.1. The number of halogens is 1. The van der Waals surface area contributed by atoms with Gasteiger partial charge in [-0.15, -0.1) is 0 Å². The maximum atomic E-state index is 11.8. The van der Waals surface area contributed by atoms with E-state index in [0.717, 1.165) is 4.68 Å². The lowest BCUT2D eigenvalue weighted by Crippen LogP contribution is -2.33. The number of hydrogen-bond donors (Lipinski definition) is 6. The zero-order chi connectivity index (χ0) is 23.8. The molecule has 1 saturated heterocycles. The molecule has 1 unspecified atom stereocenters. The van der Waals surface area contributed by atoms with Crippen LogP contribution >= 0.6 is 26.8 Å². The summed E-state index contributed by atoms with van der Waals surface area (Å²) in [7, 11) is -9.50. The average molecular weight is 518 g/mol. The molecule has 0 amide bonds. The van der Waals surface area contributed by atoms with Crippen molar-refractivity contribution in [1.82, 2.24) is 19.7 Å². The van der Waals surface area contributed by atoms with E-state index < -0.39 is 52.2 Å². The molecule has 1 fully saturated rings. The molecule has 0 spiro atoms. The van der Waals surface area contributed by atoms with E-state index in [9.17, 15) is 24.2 Å². The van der Waals surface area contributed by atoms with Crippen LogP contribution in [0.4, 0.5) is 5.82 Å². The van der Waals surface area contributed by atoms with E-state index in [0.29, 0.717) is 5.39 Å². The molecule has 2 aromatic heterocycles. The zero-order valence-corrected chi connectivity index (χ0v) is 19.3. The number of aromatic nitrogens is 4. The van der Waals surface area contributed by atoms with E-state index in [-0.39, 0.29) is 22.9 Å².